The number of aliphatic carboxylic acids is 1. The zero-order valence-electron chi connectivity index (χ0n) is 34.6. The number of aliphatic hydroxyl groups excluding tert-OH is 4. The molecule has 0 aromatic heterocycles. The minimum absolute atomic E-state index is 0.230. The average Bonchev–Trinajstić information content (AvgIpc) is 3.15. The van der Waals surface area contributed by atoms with E-state index in [1.54, 1.807) is 13.0 Å². The Labute approximate surface area is 334 Å². The van der Waals surface area contributed by atoms with Crippen LogP contribution in [0.2, 0.25) is 0 Å². The van der Waals surface area contributed by atoms with Crippen molar-refractivity contribution in [1.82, 2.24) is 0 Å². The van der Waals surface area contributed by atoms with Crippen molar-refractivity contribution in [2.75, 3.05) is 0 Å². The van der Waals surface area contributed by atoms with Gasteiger partial charge in [-0.2, -0.15) is 0 Å². The van der Waals surface area contributed by atoms with Gasteiger partial charge in [-0.15, -0.1) is 0 Å². The van der Waals surface area contributed by atoms with Gasteiger partial charge in [-0.1, -0.05) is 110 Å². The monoisotopic (exact) mass is 803 g/mol. The largest absolute Gasteiger partial charge is 0.481 e. The number of carbonyl (C=O) groups is 3. The number of carbonyl (C=O) groups excluding carboxylic acids is 2. The summed E-state index contributed by atoms with van der Waals surface area (Å²) in [5.41, 5.74) is 0. The van der Waals surface area contributed by atoms with Crippen LogP contribution in [0.3, 0.4) is 0 Å². The Bertz CT molecular complexity index is 1120. The van der Waals surface area contributed by atoms with E-state index < -0.39 is 91.5 Å². The molecule has 0 saturated carbocycles. The van der Waals surface area contributed by atoms with Gasteiger partial charge in [0.25, 0.3) is 0 Å². The number of aliphatic hydroxyl groups is 4. The maximum absolute atomic E-state index is 13.4. The third-order valence-electron chi connectivity index (χ3n) is 10.5. The van der Waals surface area contributed by atoms with E-state index in [1.165, 1.54) is 13.0 Å². The number of esters is 2. The number of rotatable bonds is 29. The molecule has 2 fully saturated rings. The summed E-state index contributed by atoms with van der Waals surface area (Å²) in [6.45, 7) is 9.40. The summed E-state index contributed by atoms with van der Waals surface area (Å²) in [4.78, 5) is 37.8. The predicted molar refractivity (Wildman–Crippen MR) is 208 cm³/mol. The van der Waals surface area contributed by atoms with Crippen molar-refractivity contribution in [2.24, 2.45) is 0 Å². The van der Waals surface area contributed by atoms with E-state index in [0.717, 1.165) is 89.9 Å². The van der Waals surface area contributed by atoms with E-state index in [-0.39, 0.29) is 12.8 Å². The number of carboxylic acid groups (broad SMARTS) is 1. The summed E-state index contributed by atoms with van der Waals surface area (Å²) in [5.74, 6) is -2.48. The minimum atomic E-state index is -1.61. The van der Waals surface area contributed by atoms with Crippen molar-refractivity contribution in [2.45, 2.75) is 237 Å². The zero-order valence-corrected chi connectivity index (χ0v) is 34.6. The average molecular weight is 803 g/mol. The van der Waals surface area contributed by atoms with Gasteiger partial charge in [-0.05, 0) is 46.0 Å². The lowest BCUT2D eigenvalue weighted by Gasteiger charge is -2.46. The maximum atomic E-state index is 13.4. The molecule has 0 amide bonds. The quantitative estimate of drug-likeness (QED) is 0.0333. The van der Waals surface area contributed by atoms with Gasteiger partial charge in [-0.25, -0.2) is 4.79 Å². The third kappa shape index (κ3) is 18.6. The van der Waals surface area contributed by atoms with E-state index in [1.807, 2.05) is 0 Å². The van der Waals surface area contributed by atoms with Crippen LogP contribution < -0.4 is 0 Å². The summed E-state index contributed by atoms with van der Waals surface area (Å²) >= 11 is 0. The molecule has 14 nitrogen and oxygen atoms in total. The molecule has 2 saturated heterocycles. The minimum Gasteiger partial charge on any atom is -0.481 e. The topological polar surface area (TPSA) is 208 Å². The number of unbranched alkanes of at least 4 members (excludes halogenated alkanes) is 13. The van der Waals surface area contributed by atoms with Crippen LogP contribution in [0.25, 0.3) is 0 Å². The highest BCUT2D eigenvalue weighted by molar-refractivity contribution is 5.82. The van der Waals surface area contributed by atoms with Crippen molar-refractivity contribution >= 4 is 17.9 Å². The second-order valence-electron chi connectivity index (χ2n) is 15.6. The van der Waals surface area contributed by atoms with Crippen LogP contribution in [0.5, 0.6) is 0 Å². The molecule has 0 aliphatic carbocycles. The Kier molecular flexibility index (Phi) is 25.2. The molecule has 2 heterocycles. The highest BCUT2D eigenvalue weighted by atomic mass is 16.8. The first-order valence-corrected chi connectivity index (χ1v) is 21.4. The Hall–Kier alpha value is -2.17. The predicted octanol–water partition coefficient (Wildman–Crippen LogP) is 6.02. The summed E-state index contributed by atoms with van der Waals surface area (Å²) in [6.07, 6.45) is 3.27. The van der Waals surface area contributed by atoms with Crippen molar-refractivity contribution in [3.63, 3.8) is 0 Å². The van der Waals surface area contributed by atoms with Gasteiger partial charge in [-0.3, -0.25) is 9.59 Å². The van der Waals surface area contributed by atoms with Gasteiger partial charge in [0.15, 0.2) is 18.7 Å². The van der Waals surface area contributed by atoms with Gasteiger partial charge in [0.05, 0.1) is 31.2 Å². The van der Waals surface area contributed by atoms with Gasteiger partial charge in [0, 0.05) is 6.08 Å². The summed E-state index contributed by atoms with van der Waals surface area (Å²) in [7, 11) is 0. The fourth-order valence-corrected chi connectivity index (χ4v) is 7.04. The molecule has 0 radical (unpaired) electrons. The van der Waals surface area contributed by atoms with Gasteiger partial charge >= 0.3 is 17.9 Å². The lowest BCUT2D eigenvalue weighted by molar-refractivity contribution is -0.366. The number of ether oxygens (including phenoxy) is 6. The fourth-order valence-electron chi connectivity index (χ4n) is 7.04. The number of hydrogen-bond donors (Lipinski definition) is 5. The zero-order chi connectivity index (χ0) is 41.5. The highest BCUT2D eigenvalue weighted by Gasteiger charge is 2.51. The molecule has 0 aromatic carbocycles. The number of allylic oxidation sites excluding steroid dienone is 1. The standard InChI is InChI=1S/C42H74O14/c1-6-9-12-15-16-19-22-25-33(45)55-39-37(49)35(47)29(5)52-42(39)56-40-38(50)36(48)28(4)51-41(40)54-31(24-21-18-14-11-8-3)27-34(46)53-30(26-32(43)44)23-20-17-13-10-7-2/h22,25,28-31,35-42,47-50H,6-21,23-24,26-27H2,1-5H3,(H,43,44)/b25-22+. The highest BCUT2D eigenvalue weighted by Crippen LogP contribution is 2.32. The van der Waals surface area contributed by atoms with Crippen LogP contribution in [0.15, 0.2) is 12.2 Å². The molecule has 12 atom stereocenters. The van der Waals surface area contributed by atoms with E-state index in [2.05, 4.69) is 20.8 Å². The molecule has 0 aromatic rings. The number of carboxylic acids is 1. The molecule has 14 heteroatoms. The molecule has 12 unspecified atom stereocenters. The summed E-state index contributed by atoms with van der Waals surface area (Å²) in [5, 5.41) is 53.3. The molecule has 56 heavy (non-hydrogen) atoms. The van der Waals surface area contributed by atoms with Gasteiger partial charge in [0.2, 0.25) is 0 Å². The van der Waals surface area contributed by atoms with Crippen molar-refractivity contribution in [1.29, 1.82) is 0 Å². The first-order chi connectivity index (χ1) is 26.8. The SMILES string of the molecule is CCCCCCC/C=C/C(=O)OC1C(OC2C(OC(CCCCCCC)CC(=O)OC(CCCCCCC)CC(=O)O)OC(C)C(O)C2O)OC(C)C(O)C1O. The molecule has 0 bridgehead atoms. The van der Waals surface area contributed by atoms with Crippen LogP contribution >= 0.6 is 0 Å². The molecule has 0 spiro atoms. The Morgan fingerprint density at radius 2 is 1.12 bits per heavy atom. The first-order valence-electron chi connectivity index (χ1n) is 21.4. The van der Waals surface area contributed by atoms with Crippen LogP contribution in [0.1, 0.15) is 163 Å². The normalized spacial score (nSPS) is 29.2. The number of hydrogen-bond acceptors (Lipinski definition) is 13. The molecular formula is C42H74O14. The van der Waals surface area contributed by atoms with Crippen LogP contribution in [-0.2, 0) is 42.8 Å². The van der Waals surface area contributed by atoms with E-state index in [4.69, 9.17) is 28.4 Å². The van der Waals surface area contributed by atoms with Gasteiger partial charge < -0.3 is 54.0 Å². The Morgan fingerprint density at radius 3 is 1.68 bits per heavy atom. The molecular weight excluding hydrogens is 728 g/mol. The second-order valence-corrected chi connectivity index (χ2v) is 15.6. The first kappa shape index (κ1) is 50.0. The molecule has 326 valence electrons. The molecule has 2 aliphatic heterocycles. The fraction of sp³-hybridized carbons (Fsp3) is 0.881. The molecule has 2 rings (SSSR count). The van der Waals surface area contributed by atoms with Crippen molar-refractivity contribution in [3.8, 4) is 0 Å². The van der Waals surface area contributed by atoms with Gasteiger partial charge in [0.1, 0.15) is 36.6 Å². The van der Waals surface area contributed by atoms with Crippen molar-refractivity contribution < 1.29 is 68.3 Å². The Balaban J connectivity index is 2.25. The third-order valence-corrected chi connectivity index (χ3v) is 10.5. The molecule has 5 N–H and O–H groups in total. The lowest BCUT2D eigenvalue weighted by atomic mass is 9.97. The Morgan fingerprint density at radius 1 is 0.625 bits per heavy atom. The summed E-state index contributed by atoms with van der Waals surface area (Å²) < 4.78 is 35.7. The van der Waals surface area contributed by atoms with Crippen LogP contribution in [0.4, 0.5) is 0 Å². The smallest absolute Gasteiger partial charge is 0.330 e. The van der Waals surface area contributed by atoms with E-state index in [9.17, 15) is 39.9 Å². The van der Waals surface area contributed by atoms with Crippen LogP contribution in [-0.4, -0.2) is 117 Å². The second kappa shape index (κ2) is 28.3. The van der Waals surface area contributed by atoms with E-state index >= 15 is 0 Å². The van der Waals surface area contributed by atoms with Crippen LogP contribution in [0, 0.1) is 0 Å². The molecule has 2 aliphatic rings. The lowest BCUT2D eigenvalue weighted by Crippen LogP contribution is -2.64. The van der Waals surface area contributed by atoms with E-state index in [0.29, 0.717) is 25.7 Å². The van der Waals surface area contributed by atoms with Crippen molar-refractivity contribution in [3.05, 3.63) is 12.2 Å². The maximum Gasteiger partial charge on any atom is 0.330 e. The summed E-state index contributed by atoms with van der Waals surface area (Å²) in [6, 6.07) is 0.